The van der Waals surface area contributed by atoms with Crippen LogP contribution >= 0.6 is 0 Å². The van der Waals surface area contributed by atoms with Gasteiger partial charge in [0.1, 0.15) is 0 Å². The minimum absolute atomic E-state index is 0.535. The topological polar surface area (TPSA) is 23.5 Å². The van der Waals surface area contributed by atoms with Crippen LogP contribution in [-0.2, 0) is 5.60 Å². The molecule has 2 aliphatic heterocycles. The molecule has 2 unspecified atom stereocenters. The highest BCUT2D eigenvalue weighted by Crippen LogP contribution is 2.43. The molecular formula is C18H25NO. The Hall–Kier alpha value is -1.12. The van der Waals surface area contributed by atoms with E-state index in [4.69, 9.17) is 0 Å². The van der Waals surface area contributed by atoms with Crippen molar-refractivity contribution in [1.82, 2.24) is 4.90 Å². The summed E-state index contributed by atoms with van der Waals surface area (Å²) in [5.41, 5.74) is 2.66. The highest BCUT2D eigenvalue weighted by atomic mass is 16.3. The van der Waals surface area contributed by atoms with E-state index in [2.05, 4.69) is 42.8 Å². The van der Waals surface area contributed by atoms with Crippen molar-refractivity contribution in [3.8, 4) is 0 Å². The molecule has 0 amide bonds. The standard InChI is InChI=1S/C18H25NO/c1-13(2)14-7-9-15(10-8-14)18(20)11-16-5-4-6-17(12-18)19(16)3/h7-10,16-17,20H,1,4-6,11-12H2,2-3H3. The van der Waals surface area contributed by atoms with Gasteiger partial charge in [0, 0.05) is 12.1 Å². The number of fused-ring (bicyclic) bond motifs is 2. The average molecular weight is 271 g/mol. The second-order valence-electron chi connectivity index (χ2n) is 6.70. The van der Waals surface area contributed by atoms with E-state index >= 15 is 0 Å². The van der Waals surface area contributed by atoms with Gasteiger partial charge in [-0.1, -0.05) is 42.8 Å². The van der Waals surface area contributed by atoms with Gasteiger partial charge in [-0.15, -0.1) is 0 Å². The van der Waals surface area contributed by atoms with Crippen LogP contribution in [0.15, 0.2) is 30.8 Å². The van der Waals surface area contributed by atoms with Gasteiger partial charge >= 0.3 is 0 Å². The number of allylic oxidation sites excluding steroid dienone is 1. The first-order chi connectivity index (χ1) is 9.49. The zero-order valence-corrected chi connectivity index (χ0v) is 12.6. The van der Waals surface area contributed by atoms with Crippen molar-refractivity contribution in [2.75, 3.05) is 7.05 Å². The first-order valence-electron chi connectivity index (χ1n) is 7.70. The van der Waals surface area contributed by atoms with Gasteiger partial charge in [-0.05, 0) is 50.8 Å². The van der Waals surface area contributed by atoms with Crippen molar-refractivity contribution < 1.29 is 5.11 Å². The number of hydrogen-bond acceptors (Lipinski definition) is 2. The van der Waals surface area contributed by atoms with Crippen molar-refractivity contribution >= 4 is 5.57 Å². The Labute approximate surface area is 122 Å². The van der Waals surface area contributed by atoms with Crippen molar-refractivity contribution in [3.63, 3.8) is 0 Å². The van der Waals surface area contributed by atoms with Crippen molar-refractivity contribution in [2.24, 2.45) is 0 Å². The molecule has 20 heavy (non-hydrogen) atoms. The SMILES string of the molecule is C=C(C)c1ccc(C2(O)CC3CCCC(C2)N3C)cc1. The lowest BCUT2D eigenvalue weighted by molar-refractivity contribution is -0.0874. The molecule has 0 aliphatic carbocycles. The molecule has 1 N–H and O–H groups in total. The molecule has 2 heterocycles. The molecule has 3 rings (SSSR count). The molecule has 2 nitrogen and oxygen atoms in total. The minimum atomic E-state index is -0.643. The monoisotopic (exact) mass is 271 g/mol. The molecule has 0 aromatic heterocycles. The van der Waals surface area contributed by atoms with Crippen molar-refractivity contribution in [2.45, 2.75) is 56.7 Å². The predicted octanol–water partition coefficient (Wildman–Crippen LogP) is 3.55. The zero-order valence-electron chi connectivity index (χ0n) is 12.6. The molecule has 0 saturated carbocycles. The van der Waals surface area contributed by atoms with Gasteiger partial charge in [0.15, 0.2) is 0 Å². The third-order valence-corrected chi connectivity index (χ3v) is 5.29. The van der Waals surface area contributed by atoms with Gasteiger partial charge in [-0.25, -0.2) is 0 Å². The summed E-state index contributed by atoms with van der Waals surface area (Å²) >= 11 is 0. The average Bonchev–Trinajstić information content (AvgIpc) is 2.41. The van der Waals surface area contributed by atoms with Gasteiger partial charge < -0.3 is 10.0 Å². The maximum atomic E-state index is 11.1. The van der Waals surface area contributed by atoms with Gasteiger partial charge in [0.2, 0.25) is 0 Å². The second kappa shape index (κ2) is 5.01. The van der Waals surface area contributed by atoms with Crippen LogP contribution in [0, 0.1) is 0 Å². The van der Waals surface area contributed by atoms with E-state index in [1.54, 1.807) is 0 Å². The molecule has 108 valence electrons. The molecule has 2 atom stereocenters. The first-order valence-corrected chi connectivity index (χ1v) is 7.70. The fourth-order valence-corrected chi connectivity index (χ4v) is 3.95. The second-order valence-corrected chi connectivity index (χ2v) is 6.70. The van der Waals surface area contributed by atoms with Crippen molar-refractivity contribution in [3.05, 3.63) is 42.0 Å². The lowest BCUT2D eigenvalue weighted by Gasteiger charge is -2.50. The third kappa shape index (κ3) is 2.32. The fraction of sp³-hybridized carbons (Fsp3) is 0.556. The molecular weight excluding hydrogens is 246 g/mol. The Balaban J connectivity index is 1.87. The van der Waals surface area contributed by atoms with E-state index in [9.17, 15) is 5.11 Å². The highest BCUT2D eigenvalue weighted by Gasteiger charge is 2.44. The van der Waals surface area contributed by atoms with Gasteiger partial charge in [0.25, 0.3) is 0 Å². The predicted molar refractivity (Wildman–Crippen MR) is 83.5 cm³/mol. The summed E-state index contributed by atoms with van der Waals surface area (Å²) in [4.78, 5) is 2.49. The zero-order chi connectivity index (χ0) is 14.3. The van der Waals surface area contributed by atoms with Gasteiger partial charge in [0.05, 0.1) is 5.60 Å². The van der Waals surface area contributed by atoms with Crippen LogP contribution in [0.25, 0.3) is 5.57 Å². The molecule has 2 heteroatoms. The lowest BCUT2D eigenvalue weighted by atomic mass is 9.72. The van der Waals surface area contributed by atoms with Crippen LogP contribution in [0.3, 0.4) is 0 Å². The summed E-state index contributed by atoms with van der Waals surface area (Å²) in [5.74, 6) is 0. The highest BCUT2D eigenvalue weighted by molar-refractivity contribution is 5.61. The number of benzene rings is 1. The van der Waals surface area contributed by atoms with E-state index < -0.39 is 5.60 Å². The Kier molecular flexibility index (Phi) is 3.47. The summed E-state index contributed by atoms with van der Waals surface area (Å²) < 4.78 is 0. The molecule has 2 bridgehead atoms. The van der Waals surface area contributed by atoms with Crippen molar-refractivity contribution in [1.29, 1.82) is 0 Å². The van der Waals surface area contributed by atoms with Crippen LogP contribution in [0.4, 0.5) is 0 Å². The van der Waals surface area contributed by atoms with Crippen LogP contribution in [0.2, 0.25) is 0 Å². The number of piperidine rings is 2. The largest absolute Gasteiger partial charge is 0.385 e. The fourth-order valence-electron chi connectivity index (χ4n) is 3.95. The van der Waals surface area contributed by atoms with E-state index in [1.165, 1.54) is 19.3 Å². The van der Waals surface area contributed by atoms with E-state index in [-0.39, 0.29) is 0 Å². The van der Waals surface area contributed by atoms with Crippen LogP contribution in [0.1, 0.15) is 50.2 Å². The summed E-state index contributed by atoms with van der Waals surface area (Å²) in [5, 5.41) is 11.1. The Bertz CT molecular complexity index is 491. The Morgan fingerprint density at radius 2 is 1.75 bits per heavy atom. The normalized spacial score (nSPS) is 34.0. The number of nitrogens with zero attached hydrogens (tertiary/aromatic N) is 1. The number of hydrogen-bond donors (Lipinski definition) is 1. The van der Waals surface area contributed by atoms with E-state index in [0.29, 0.717) is 12.1 Å². The minimum Gasteiger partial charge on any atom is -0.385 e. The molecule has 1 aromatic rings. The molecule has 0 spiro atoms. The first kappa shape index (κ1) is 13.8. The summed E-state index contributed by atoms with van der Waals surface area (Å²) in [6.45, 7) is 5.99. The number of rotatable bonds is 2. The van der Waals surface area contributed by atoms with Gasteiger partial charge in [-0.3, -0.25) is 0 Å². The summed E-state index contributed by atoms with van der Waals surface area (Å²) in [6, 6.07) is 9.42. The Morgan fingerprint density at radius 3 is 2.25 bits per heavy atom. The quantitative estimate of drug-likeness (QED) is 0.889. The summed E-state index contributed by atoms with van der Waals surface area (Å²) in [7, 11) is 2.22. The van der Waals surface area contributed by atoms with Crippen LogP contribution in [0.5, 0.6) is 0 Å². The maximum absolute atomic E-state index is 11.1. The third-order valence-electron chi connectivity index (χ3n) is 5.29. The van der Waals surface area contributed by atoms with Crippen LogP contribution in [-0.4, -0.2) is 29.1 Å². The van der Waals surface area contributed by atoms with Gasteiger partial charge in [-0.2, -0.15) is 0 Å². The summed E-state index contributed by atoms with van der Waals surface area (Å²) in [6.07, 6.45) is 5.49. The molecule has 2 fully saturated rings. The van der Waals surface area contributed by atoms with E-state index in [1.807, 2.05) is 6.92 Å². The maximum Gasteiger partial charge on any atom is 0.0926 e. The molecule has 1 aromatic carbocycles. The molecule has 2 aliphatic rings. The molecule has 2 saturated heterocycles. The smallest absolute Gasteiger partial charge is 0.0926 e. The number of aliphatic hydroxyl groups is 1. The van der Waals surface area contributed by atoms with E-state index in [0.717, 1.165) is 29.5 Å². The van der Waals surface area contributed by atoms with Crippen LogP contribution < -0.4 is 0 Å². The lowest BCUT2D eigenvalue weighted by Crippen LogP contribution is -2.55. The molecule has 0 radical (unpaired) electrons. The Morgan fingerprint density at radius 1 is 1.20 bits per heavy atom.